The van der Waals surface area contributed by atoms with Crippen molar-refractivity contribution >= 4 is 10.2 Å². The van der Waals surface area contributed by atoms with Crippen LogP contribution in [0, 0.1) is 5.92 Å². The quantitative estimate of drug-likeness (QED) is 0.763. The van der Waals surface area contributed by atoms with Crippen LogP contribution < -0.4 is 0 Å². The lowest BCUT2D eigenvalue weighted by molar-refractivity contribution is 0.0301. The molecule has 1 saturated heterocycles. The van der Waals surface area contributed by atoms with Gasteiger partial charge < -0.3 is 4.74 Å². The van der Waals surface area contributed by atoms with Gasteiger partial charge in [0.15, 0.2) is 0 Å². The van der Waals surface area contributed by atoms with E-state index in [1.54, 1.807) is 18.4 Å². The van der Waals surface area contributed by atoms with Gasteiger partial charge in [-0.15, -0.1) is 0 Å². The van der Waals surface area contributed by atoms with Crippen molar-refractivity contribution in [1.29, 1.82) is 0 Å². The molecule has 1 aromatic carbocycles. The van der Waals surface area contributed by atoms with Crippen LogP contribution in [0.4, 0.5) is 0 Å². The van der Waals surface area contributed by atoms with E-state index in [1.807, 2.05) is 18.2 Å². The van der Waals surface area contributed by atoms with Gasteiger partial charge in [-0.1, -0.05) is 30.3 Å². The Kier molecular flexibility index (Phi) is 5.06. The van der Waals surface area contributed by atoms with Crippen molar-refractivity contribution in [2.45, 2.75) is 37.8 Å². The largest absolute Gasteiger partial charge is 0.376 e. The summed E-state index contributed by atoms with van der Waals surface area (Å²) in [7, 11) is -0.234. The van der Waals surface area contributed by atoms with Crippen LogP contribution in [0.1, 0.15) is 24.8 Å². The fourth-order valence-corrected chi connectivity index (χ4v) is 4.43. The van der Waals surface area contributed by atoms with E-state index >= 15 is 0 Å². The Morgan fingerprint density at radius 3 is 2.48 bits per heavy atom. The highest BCUT2D eigenvalue weighted by Crippen LogP contribution is 2.33. The molecule has 0 unspecified atom stereocenters. The van der Waals surface area contributed by atoms with Gasteiger partial charge in [-0.05, 0) is 37.2 Å². The van der Waals surface area contributed by atoms with E-state index < -0.39 is 10.2 Å². The molecule has 6 heteroatoms. The summed E-state index contributed by atoms with van der Waals surface area (Å²) < 4.78 is 34.3. The minimum Gasteiger partial charge on any atom is -0.376 e. The van der Waals surface area contributed by atoms with Gasteiger partial charge in [0.25, 0.3) is 10.2 Å². The average Bonchev–Trinajstić information content (AvgIpc) is 3.27. The summed E-state index contributed by atoms with van der Waals surface area (Å²) in [6.07, 6.45) is 3.96. The van der Waals surface area contributed by atoms with Crippen LogP contribution in [0.5, 0.6) is 0 Å². The third-order valence-corrected chi connectivity index (χ3v) is 6.69. The average molecular weight is 338 g/mol. The van der Waals surface area contributed by atoms with Crippen LogP contribution >= 0.6 is 0 Å². The molecule has 5 nitrogen and oxygen atoms in total. The Morgan fingerprint density at radius 2 is 1.87 bits per heavy atom. The number of hydrogen-bond acceptors (Lipinski definition) is 3. The highest BCUT2D eigenvalue weighted by atomic mass is 32.2. The summed E-state index contributed by atoms with van der Waals surface area (Å²) >= 11 is 0. The molecule has 2 aliphatic rings. The van der Waals surface area contributed by atoms with Crippen molar-refractivity contribution < 1.29 is 13.2 Å². The first kappa shape index (κ1) is 16.9. The summed E-state index contributed by atoms with van der Waals surface area (Å²) in [6, 6.07) is 9.95. The number of hydrogen-bond donors (Lipinski definition) is 0. The standard InChI is InChI=1S/C17H26N2O3S/c1-18(2)23(20,21)19-11-10-17(22-13-15-8-9-15)16(19)12-14-6-4-3-5-7-14/h3-7,15-17H,8-13H2,1-2H3/t16-,17+/m0/s1. The van der Waals surface area contributed by atoms with Crippen molar-refractivity contribution in [3.05, 3.63) is 35.9 Å². The van der Waals surface area contributed by atoms with E-state index in [1.165, 1.54) is 17.1 Å². The van der Waals surface area contributed by atoms with Crippen LogP contribution in [0.3, 0.4) is 0 Å². The molecule has 0 bridgehead atoms. The van der Waals surface area contributed by atoms with Gasteiger partial charge >= 0.3 is 0 Å². The molecule has 1 aliphatic heterocycles. The molecule has 1 saturated carbocycles. The van der Waals surface area contributed by atoms with Crippen LogP contribution in [0.15, 0.2) is 30.3 Å². The Labute approximate surface area is 139 Å². The molecular formula is C17H26N2O3S. The Hall–Kier alpha value is -0.950. The molecule has 2 atom stereocenters. The number of benzene rings is 1. The predicted molar refractivity (Wildman–Crippen MR) is 90.3 cm³/mol. The monoisotopic (exact) mass is 338 g/mol. The smallest absolute Gasteiger partial charge is 0.281 e. The van der Waals surface area contributed by atoms with Crippen molar-refractivity contribution in [1.82, 2.24) is 8.61 Å². The molecule has 2 fully saturated rings. The first-order chi connectivity index (χ1) is 11.0. The fraction of sp³-hybridized carbons (Fsp3) is 0.647. The summed E-state index contributed by atoms with van der Waals surface area (Å²) in [6.45, 7) is 1.30. The molecule has 0 aromatic heterocycles. The third-order valence-electron chi connectivity index (χ3n) is 4.72. The molecule has 23 heavy (non-hydrogen) atoms. The lowest BCUT2D eigenvalue weighted by Gasteiger charge is -2.29. The summed E-state index contributed by atoms with van der Waals surface area (Å²) in [5.41, 5.74) is 1.15. The summed E-state index contributed by atoms with van der Waals surface area (Å²) in [5.74, 6) is 0.687. The number of ether oxygens (including phenoxy) is 1. The third kappa shape index (κ3) is 3.94. The molecule has 0 amide bonds. The highest BCUT2D eigenvalue weighted by Gasteiger charge is 2.42. The fourth-order valence-electron chi connectivity index (χ4n) is 3.12. The molecule has 128 valence electrons. The minimum absolute atomic E-state index is 0.00877. The van der Waals surface area contributed by atoms with E-state index in [0.29, 0.717) is 18.9 Å². The van der Waals surface area contributed by atoms with Crippen LogP contribution in [0.2, 0.25) is 0 Å². The maximum Gasteiger partial charge on any atom is 0.281 e. The number of nitrogens with zero attached hydrogens (tertiary/aromatic N) is 2. The second-order valence-electron chi connectivity index (χ2n) is 6.76. The Balaban J connectivity index is 1.77. The molecule has 0 radical (unpaired) electrons. The first-order valence-electron chi connectivity index (χ1n) is 8.33. The van der Waals surface area contributed by atoms with Gasteiger partial charge in [0.2, 0.25) is 0 Å². The zero-order chi connectivity index (χ0) is 16.4. The van der Waals surface area contributed by atoms with Crippen molar-refractivity contribution in [2.24, 2.45) is 5.92 Å². The van der Waals surface area contributed by atoms with E-state index in [0.717, 1.165) is 18.6 Å². The second-order valence-corrected chi connectivity index (χ2v) is 8.86. The van der Waals surface area contributed by atoms with E-state index in [9.17, 15) is 8.42 Å². The van der Waals surface area contributed by atoms with E-state index in [2.05, 4.69) is 12.1 Å². The van der Waals surface area contributed by atoms with Gasteiger partial charge in [-0.25, -0.2) is 0 Å². The van der Waals surface area contributed by atoms with Crippen LogP contribution in [0.25, 0.3) is 0 Å². The molecule has 0 spiro atoms. The van der Waals surface area contributed by atoms with Crippen molar-refractivity contribution in [2.75, 3.05) is 27.2 Å². The normalized spacial score (nSPS) is 26.0. The summed E-state index contributed by atoms with van der Waals surface area (Å²) in [4.78, 5) is 0. The lowest BCUT2D eigenvalue weighted by Crippen LogP contribution is -2.46. The van der Waals surface area contributed by atoms with Crippen LogP contribution in [-0.2, 0) is 21.4 Å². The van der Waals surface area contributed by atoms with Gasteiger partial charge in [0.1, 0.15) is 0 Å². The zero-order valence-electron chi connectivity index (χ0n) is 13.9. The first-order valence-corrected chi connectivity index (χ1v) is 9.73. The SMILES string of the molecule is CN(C)S(=O)(=O)N1CC[C@@H](OCC2CC2)[C@@H]1Cc1ccccc1. The van der Waals surface area contributed by atoms with Gasteiger partial charge in [-0.3, -0.25) is 0 Å². The van der Waals surface area contributed by atoms with Gasteiger partial charge in [-0.2, -0.15) is 17.0 Å². The molecule has 1 aromatic rings. The molecule has 3 rings (SSSR count). The molecular weight excluding hydrogens is 312 g/mol. The maximum absolute atomic E-state index is 12.6. The van der Waals surface area contributed by atoms with E-state index in [-0.39, 0.29) is 12.1 Å². The van der Waals surface area contributed by atoms with Crippen LogP contribution in [-0.4, -0.2) is 56.4 Å². The highest BCUT2D eigenvalue weighted by molar-refractivity contribution is 7.86. The Morgan fingerprint density at radius 1 is 1.17 bits per heavy atom. The predicted octanol–water partition coefficient (Wildman–Crippen LogP) is 1.91. The molecule has 0 N–H and O–H groups in total. The zero-order valence-corrected chi connectivity index (χ0v) is 14.7. The maximum atomic E-state index is 12.6. The van der Waals surface area contributed by atoms with Crippen molar-refractivity contribution in [3.63, 3.8) is 0 Å². The topological polar surface area (TPSA) is 49.9 Å². The van der Waals surface area contributed by atoms with Crippen molar-refractivity contribution in [3.8, 4) is 0 Å². The summed E-state index contributed by atoms with van der Waals surface area (Å²) in [5, 5.41) is 0. The van der Waals surface area contributed by atoms with Gasteiger partial charge in [0.05, 0.1) is 12.1 Å². The second kappa shape index (κ2) is 6.89. The lowest BCUT2D eigenvalue weighted by atomic mass is 10.0. The van der Waals surface area contributed by atoms with E-state index in [4.69, 9.17) is 4.74 Å². The number of rotatable bonds is 7. The molecule has 1 aliphatic carbocycles. The van der Waals surface area contributed by atoms with Gasteiger partial charge in [0, 0.05) is 27.2 Å². The Bertz CT molecular complexity index is 614. The minimum atomic E-state index is -3.42. The molecule has 1 heterocycles.